The van der Waals surface area contributed by atoms with Gasteiger partial charge in [0.15, 0.2) is 5.96 Å². The summed E-state index contributed by atoms with van der Waals surface area (Å²) >= 11 is 0. The average Bonchev–Trinajstić information content (AvgIpc) is 2.94. The van der Waals surface area contributed by atoms with Gasteiger partial charge in [-0.3, -0.25) is 19.4 Å². The van der Waals surface area contributed by atoms with E-state index in [4.69, 9.17) is 17.2 Å². The molecule has 0 heterocycles. The fourth-order valence-corrected chi connectivity index (χ4v) is 4.11. The molecule has 0 fully saturated rings. The number of rotatable bonds is 16. The predicted octanol–water partition coefficient (Wildman–Crippen LogP) is -0.247. The number of hydrogen-bond acceptors (Lipinski definition) is 7. The Bertz CT molecular complexity index is 1220. The molecule has 0 saturated heterocycles. The molecule has 0 saturated carbocycles. The van der Waals surface area contributed by atoms with Crippen LogP contribution in [0.2, 0.25) is 0 Å². The number of nitrogens with zero attached hydrogens (tertiary/aromatic N) is 1. The minimum absolute atomic E-state index is 0.0290. The van der Waals surface area contributed by atoms with E-state index in [1.54, 1.807) is 50.2 Å². The summed E-state index contributed by atoms with van der Waals surface area (Å²) in [5, 5.41) is 27.1. The van der Waals surface area contributed by atoms with Crippen molar-refractivity contribution in [3.63, 3.8) is 0 Å². The number of carbonyl (C=O) groups excluding carboxylic acids is 3. The van der Waals surface area contributed by atoms with Gasteiger partial charge in [-0.2, -0.15) is 0 Å². The van der Waals surface area contributed by atoms with Crippen LogP contribution >= 0.6 is 0 Å². The number of benzene rings is 2. The molecule has 2 aromatic rings. The molecule has 228 valence electrons. The van der Waals surface area contributed by atoms with E-state index in [9.17, 15) is 29.4 Å². The van der Waals surface area contributed by atoms with Gasteiger partial charge >= 0.3 is 5.97 Å². The number of nitrogens with one attached hydrogen (secondary N) is 3. The van der Waals surface area contributed by atoms with Gasteiger partial charge in [-0.1, -0.05) is 56.3 Å². The molecule has 0 aromatic heterocycles. The Morgan fingerprint density at radius 1 is 0.810 bits per heavy atom. The first-order valence-electron chi connectivity index (χ1n) is 13.6. The molecule has 0 aliphatic heterocycles. The van der Waals surface area contributed by atoms with Crippen LogP contribution in [0.3, 0.4) is 0 Å². The van der Waals surface area contributed by atoms with Crippen molar-refractivity contribution in [2.24, 2.45) is 28.1 Å². The summed E-state index contributed by atoms with van der Waals surface area (Å²) in [5.41, 5.74) is 18.0. The van der Waals surface area contributed by atoms with Crippen molar-refractivity contribution >= 4 is 29.7 Å². The molecule has 4 unspecified atom stereocenters. The van der Waals surface area contributed by atoms with Gasteiger partial charge in [-0.25, -0.2) is 4.79 Å². The molecule has 2 aromatic carbocycles. The van der Waals surface area contributed by atoms with Crippen LogP contribution in [-0.4, -0.2) is 70.6 Å². The second kappa shape index (κ2) is 16.6. The summed E-state index contributed by atoms with van der Waals surface area (Å²) in [5.74, 6) is -3.57. The molecule has 0 radical (unpaired) electrons. The van der Waals surface area contributed by atoms with Crippen molar-refractivity contribution in [2.75, 3.05) is 6.54 Å². The third-order valence-corrected chi connectivity index (χ3v) is 6.46. The summed E-state index contributed by atoms with van der Waals surface area (Å²) in [6.07, 6.45) is 0.821. The van der Waals surface area contributed by atoms with Crippen LogP contribution in [0.25, 0.3) is 0 Å². The Morgan fingerprint density at radius 3 is 1.95 bits per heavy atom. The molecule has 0 spiro atoms. The average molecular weight is 584 g/mol. The Morgan fingerprint density at radius 2 is 1.38 bits per heavy atom. The van der Waals surface area contributed by atoms with E-state index in [1.165, 1.54) is 12.1 Å². The third kappa shape index (κ3) is 11.5. The molecule has 13 nitrogen and oxygen atoms in total. The van der Waals surface area contributed by atoms with Crippen LogP contribution in [0.5, 0.6) is 5.75 Å². The largest absolute Gasteiger partial charge is 0.508 e. The van der Waals surface area contributed by atoms with Crippen molar-refractivity contribution in [1.29, 1.82) is 0 Å². The molecule has 3 amide bonds. The smallest absolute Gasteiger partial charge is 0.326 e. The first kappa shape index (κ1) is 33.6. The zero-order chi connectivity index (χ0) is 31.2. The number of phenols is 1. The lowest BCUT2D eigenvalue weighted by Crippen LogP contribution is -2.59. The van der Waals surface area contributed by atoms with Gasteiger partial charge in [0.1, 0.15) is 23.9 Å². The lowest BCUT2D eigenvalue weighted by Gasteiger charge is -2.27. The van der Waals surface area contributed by atoms with Gasteiger partial charge in [0, 0.05) is 19.4 Å². The zero-order valence-corrected chi connectivity index (χ0v) is 23.8. The number of nitrogens with two attached hydrogens (primary N) is 3. The second-order valence-corrected chi connectivity index (χ2v) is 10.3. The number of amides is 3. The van der Waals surface area contributed by atoms with Crippen LogP contribution in [0.1, 0.15) is 37.8 Å². The molecule has 4 atom stereocenters. The number of aliphatic carboxylic acids is 1. The van der Waals surface area contributed by atoms with Crippen molar-refractivity contribution in [2.45, 2.75) is 63.7 Å². The highest BCUT2D eigenvalue weighted by Gasteiger charge is 2.32. The summed E-state index contributed by atoms with van der Waals surface area (Å²) in [7, 11) is 0. The number of phenolic OH excluding ortho intramolecular Hbond substituents is 1. The fourth-order valence-electron chi connectivity index (χ4n) is 4.11. The molecule has 42 heavy (non-hydrogen) atoms. The Balaban J connectivity index is 2.15. The molecular weight excluding hydrogens is 542 g/mol. The van der Waals surface area contributed by atoms with Crippen LogP contribution in [0, 0.1) is 5.92 Å². The minimum Gasteiger partial charge on any atom is -0.508 e. The first-order valence-corrected chi connectivity index (χ1v) is 13.6. The van der Waals surface area contributed by atoms with E-state index in [0.717, 1.165) is 5.56 Å². The fraction of sp³-hybridized carbons (Fsp3) is 0.414. The van der Waals surface area contributed by atoms with Crippen LogP contribution in [0.15, 0.2) is 59.6 Å². The predicted molar refractivity (Wildman–Crippen MR) is 158 cm³/mol. The Hall–Kier alpha value is -4.65. The number of carboxylic acids is 1. The summed E-state index contributed by atoms with van der Waals surface area (Å²) in [4.78, 5) is 55.3. The third-order valence-electron chi connectivity index (χ3n) is 6.46. The van der Waals surface area contributed by atoms with Gasteiger partial charge in [0.2, 0.25) is 17.7 Å². The summed E-state index contributed by atoms with van der Waals surface area (Å²) < 4.78 is 0. The Kier molecular flexibility index (Phi) is 13.2. The standard InChI is InChI=1S/C29H41N7O6/c1-17(2)24(27(40)35-23(28(41)42)16-19-10-12-20(37)13-11-19)36-26(39)22(15-18-7-4-3-5-8-18)34-25(38)21(30)9-6-14-33-29(31)32/h3-5,7-8,10-13,17,21-24,37H,6,9,14-16,30H2,1-2H3,(H,34,38)(H,35,40)(H,36,39)(H,41,42)(H4,31,32,33). The molecule has 0 bridgehead atoms. The van der Waals surface area contributed by atoms with Gasteiger partial charge in [-0.05, 0) is 42.0 Å². The van der Waals surface area contributed by atoms with Crippen LogP contribution in [-0.2, 0) is 32.0 Å². The lowest BCUT2D eigenvalue weighted by molar-refractivity contribution is -0.142. The summed E-state index contributed by atoms with van der Waals surface area (Å²) in [6.45, 7) is 3.71. The van der Waals surface area contributed by atoms with E-state index < -0.39 is 53.8 Å². The first-order chi connectivity index (χ1) is 19.9. The lowest BCUT2D eigenvalue weighted by atomic mass is 9.99. The normalized spacial score (nSPS) is 13.7. The van der Waals surface area contributed by atoms with E-state index in [2.05, 4.69) is 20.9 Å². The minimum atomic E-state index is -1.28. The van der Waals surface area contributed by atoms with Crippen LogP contribution in [0.4, 0.5) is 0 Å². The van der Waals surface area contributed by atoms with Crippen molar-refractivity contribution in [3.8, 4) is 5.75 Å². The maximum atomic E-state index is 13.5. The Labute approximate surface area is 244 Å². The SMILES string of the molecule is CC(C)C(NC(=O)C(Cc1ccccc1)NC(=O)C(N)CCCN=C(N)N)C(=O)NC(Cc1ccc(O)cc1)C(=O)O. The van der Waals surface area contributed by atoms with E-state index in [0.29, 0.717) is 18.5 Å². The highest BCUT2D eigenvalue weighted by molar-refractivity contribution is 5.94. The maximum absolute atomic E-state index is 13.5. The summed E-state index contributed by atoms with van der Waals surface area (Å²) in [6, 6.07) is 10.6. The highest BCUT2D eigenvalue weighted by atomic mass is 16.4. The molecule has 0 aliphatic carbocycles. The number of aliphatic imine (C=N–C) groups is 1. The quantitative estimate of drug-likeness (QED) is 0.0738. The molecule has 13 heteroatoms. The molecular formula is C29H41N7O6. The molecule has 0 aliphatic rings. The number of carboxylic acid groups (broad SMARTS) is 1. The monoisotopic (exact) mass is 583 g/mol. The van der Waals surface area contributed by atoms with Crippen molar-refractivity contribution in [1.82, 2.24) is 16.0 Å². The van der Waals surface area contributed by atoms with Crippen molar-refractivity contribution in [3.05, 3.63) is 65.7 Å². The number of carbonyl (C=O) groups is 4. The topological polar surface area (TPSA) is 235 Å². The maximum Gasteiger partial charge on any atom is 0.326 e. The molecule has 11 N–H and O–H groups in total. The molecule has 2 rings (SSSR count). The number of guanidine groups is 1. The van der Waals surface area contributed by atoms with Gasteiger partial charge in [0.05, 0.1) is 6.04 Å². The van der Waals surface area contributed by atoms with E-state index in [1.807, 2.05) is 6.07 Å². The van der Waals surface area contributed by atoms with Gasteiger partial charge in [0.25, 0.3) is 0 Å². The van der Waals surface area contributed by atoms with E-state index >= 15 is 0 Å². The van der Waals surface area contributed by atoms with Crippen LogP contribution < -0.4 is 33.2 Å². The van der Waals surface area contributed by atoms with Crippen molar-refractivity contribution < 1.29 is 29.4 Å². The second-order valence-electron chi connectivity index (χ2n) is 10.3. The van der Waals surface area contributed by atoms with Gasteiger partial charge < -0.3 is 43.4 Å². The van der Waals surface area contributed by atoms with Gasteiger partial charge in [-0.15, -0.1) is 0 Å². The van der Waals surface area contributed by atoms with E-state index in [-0.39, 0.29) is 31.0 Å². The highest BCUT2D eigenvalue weighted by Crippen LogP contribution is 2.13. The number of aromatic hydroxyl groups is 1. The zero-order valence-electron chi connectivity index (χ0n) is 23.8. The number of hydrogen-bond donors (Lipinski definition) is 8.